The van der Waals surface area contributed by atoms with E-state index in [1.807, 2.05) is 0 Å². The fourth-order valence-corrected chi connectivity index (χ4v) is 1.60. The third kappa shape index (κ3) is 2.68. The first-order chi connectivity index (χ1) is 8.16. The van der Waals surface area contributed by atoms with Crippen LogP contribution in [0.2, 0.25) is 0 Å². The molecule has 1 saturated heterocycles. The number of aromatic nitrogens is 2. The lowest BCUT2D eigenvalue weighted by atomic mass is 10.3. The summed E-state index contributed by atoms with van der Waals surface area (Å²) < 4.78 is 0. The van der Waals surface area contributed by atoms with Gasteiger partial charge in [-0.05, 0) is 6.07 Å². The maximum atomic E-state index is 12.0. The van der Waals surface area contributed by atoms with E-state index in [1.165, 1.54) is 12.1 Å². The lowest BCUT2D eigenvalue weighted by Crippen LogP contribution is -2.35. The minimum atomic E-state index is -0.353. The Morgan fingerprint density at radius 3 is 2.82 bits per heavy atom. The summed E-state index contributed by atoms with van der Waals surface area (Å²) in [4.78, 5) is 35.5. The van der Waals surface area contributed by atoms with Crippen LogP contribution in [-0.4, -0.2) is 46.5 Å². The zero-order valence-electron chi connectivity index (χ0n) is 9.10. The summed E-state index contributed by atoms with van der Waals surface area (Å²) in [5.74, 6) is -0.340. The topological polar surface area (TPSA) is 95.2 Å². The van der Waals surface area contributed by atoms with Crippen LogP contribution in [-0.2, 0) is 4.79 Å². The van der Waals surface area contributed by atoms with Gasteiger partial charge in [-0.1, -0.05) is 0 Å². The Labute approximate surface area is 96.8 Å². The minimum absolute atomic E-state index is 0.0604. The van der Waals surface area contributed by atoms with E-state index in [4.69, 9.17) is 0 Å². The molecule has 0 aliphatic carbocycles. The average Bonchev–Trinajstić information content (AvgIpc) is 2.54. The van der Waals surface area contributed by atoms with Gasteiger partial charge >= 0.3 is 0 Å². The van der Waals surface area contributed by atoms with E-state index in [9.17, 15) is 14.4 Å². The average molecular weight is 236 g/mol. The second kappa shape index (κ2) is 4.77. The lowest BCUT2D eigenvalue weighted by Gasteiger charge is -2.18. The Kier molecular flexibility index (Phi) is 3.17. The molecule has 1 aliphatic heterocycles. The Bertz CT molecular complexity index is 476. The third-order valence-corrected chi connectivity index (χ3v) is 2.50. The van der Waals surface area contributed by atoms with Crippen molar-refractivity contribution in [1.29, 1.82) is 0 Å². The van der Waals surface area contributed by atoms with Crippen LogP contribution in [0.4, 0.5) is 0 Å². The third-order valence-electron chi connectivity index (χ3n) is 2.50. The van der Waals surface area contributed by atoms with E-state index in [0.29, 0.717) is 19.6 Å². The number of nitrogens with zero attached hydrogens (tertiary/aromatic N) is 2. The highest BCUT2D eigenvalue weighted by Crippen LogP contribution is 2.02. The van der Waals surface area contributed by atoms with Gasteiger partial charge in [0.05, 0.1) is 0 Å². The standard InChI is InChI=1S/C10H12N4O3/c15-8-3-5-14(6-4-11-8)10(17)7-1-2-9(16)13-12-7/h1-2H,3-6H2,(H,11,15)(H,13,16). The van der Waals surface area contributed by atoms with Crippen molar-refractivity contribution in [1.82, 2.24) is 20.4 Å². The van der Waals surface area contributed by atoms with Gasteiger partial charge in [-0.25, -0.2) is 5.10 Å². The molecule has 0 spiro atoms. The van der Waals surface area contributed by atoms with E-state index in [1.54, 1.807) is 4.90 Å². The largest absolute Gasteiger partial charge is 0.354 e. The maximum absolute atomic E-state index is 12.0. The van der Waals surface area contributed by atoms with Crippen molar-refractivity contribution >= 4 is 11.8 Å². The molecule has 0 atom stereocenters. The zero-order chi connectivity index (χ0) is 12.3. The Morgan fingerprint density at radius 1 is 1.29 bits per heavy atom. The molecule has 1 aromatic rings. The molecule has 1 aromatic heterocycles. The van der Waals surface area contributed by atoms with E-state index in [-0.39, 0.29) is 29.5 Å². The number of amides is 2. The molecule has 90 valence electrons. The summed E-state index contributed by atoms with van der Waals surface area (Å²) in [5.41, 5.74) is -0.173. The summed E-state index contributed by atoms with van der Waals surface area (Å²) in [6, 6.07) is 2.63. The lowest BCUT2D eigenvalue weighted by molar-refractivity contribution is -0.120. The number of aromatic amines is 1. The Balaban J connectivity index is 2.11. The highest BCUT2D eigenvalue weighted by molar-refractivity contribution is 5.92. The maximum Gasteiger partial charge on any atom is 0.274 e. The van der Waals surface area contributed by atoms with Crippen LogP contribution in [0.5, 0.6) is 0 Å². The van der Waals surface area contributed by atoms with Gasteiger partial charge in [0.1, 0.15) is 5.69 Å². The number of carbonyl (C=O) groups excluding carboxylic acids is 2. The molecule has 17 heavy (non-hydrogen) atoms. The molecule has 7 nitrogen and oxygen atoms in total. The van der Waals surface area contributed by atoms with Crippen LogP contribution >= 0.6 is 0 Å². The summed E-state index contributed by atoms with van der Waals surface area (Å²) >= 11 is 0. The van der Waals surface area contributed by atoms with Gasteiger partial charge in [0.25, 0.3) is 11.5 Å². The van der Waals surface area contributed by atoms with Crippen molar-refractivity contribution in [2.75, 3.05) is 19.6 Å². The molecule has 1 fully saturated rings. The molecule has 0 bridgehead atoms. The molecular formula is C10H12N4O3. The normalized spacial score (nSPS) is 16.2. The van der Waals surface area contributed by atoms with E-state index in [2.05, 4.69) is 15.5 Å². The number of nitrogens with one attached hydrogen (secondary N) is 2. The quantitative estimate of drug-likeness (QED) is 0.635. The van der Waals surface area contributed by atoms with Gasteiger partial charge in [0.2, 0.25) is 5.91 Å². The molecule has 0 saturated carbocycles. The van der Waals surface area contributed by atoms with Gasteiger partial charge < -0.3 is 10.2 Å². The van der Waals surface area contributed by atoms with E-state index in [0.717, 1.165) is 0 Å². The first kappa shape index (κ1) is 11.3. The predicted molar refractivity (Wildman–Crippen MR) is 58.4 cm³/mol. The van der Waals surface area contributed by atoms with Crippen molar-refractivity contribution < 1.29 is 9.59 Å². The van der Waals surface area contributed by atoms with Crippen LogP contribution in [0.1, 0.15) is 16.9 Å². The first-order valence-corrected chi connectivity index (χ1v) is 5.28. The van der Waals surface area contributed by atoms with Gasteiger partial charge in [0.15, 0.2) is 0 Å². The molecule has 2 amide bonds. The molecule has 7 heteroatoms. The van der Waals surface area contributed by atoms with Crippen LogP contribution in [0, 0.1) is 0 Å². The van der Waals surface area contributed by atoms with Crippen LogP contribution in [0.25, 0.3) is 0 Å². The second-order valence-electron chi connectivity index (χ2n) is 3.70. The van der Waals surface area contributed by atoms with Gasteiger partial charge in [0, 0.05) is 32.1 Å². The van der Waals surface area contributed by atoms with Crippen LogP contribution < -0.4 is 10.9 Å². The van der Waals surface area contributed by atoms with Crippen molar-refractivity contribution in [3.63, 3.8) is 0 Å². The fourth-order valence-electron chi connectivity index (χ4n) is 1.60. The van der Waals surface area contributed by atoms with Crippen LogP contribution in [0.3, 0.4) is 0 Å². The number of hydrogen-bond acceptors (Lipinski definition) is 4. The molecule has 2 N–H and O–H groups in total. The van der Waals surface area contributed by atoms with Gasteiger partial charge in [-0.3, -0.25) is 14.4 Å². The monoisotopic (exact) mass is 236 g/mol. The van der Waals surface area contributed by atoms with Gasteiger partial charge in [-0.2, -0.15) is 5.10 Å². The molecule has 2 rings (SSSR count). The smallest absolute Gasteiger partial charge is 0.274 e. The number of hydrogen-bond donors (Lipinski definition) is 2. The predicted octanol–water partition coefficient (Wildman–Crippen LogP) is -1.27. The first-order valence-electron chi connectivity index (χ1n) is 5.28. The summed E-state index contributed by atoms with van der Waals surface area (Å²) in [7, 11) is 0. The highest BCUT2D eigenvalue weighted by Gasteiger charge is 2.20. The summed E-state index contributed by atoms with van der Waals surface area (Å²) in [5, 5.41) is 8.56. The molecule has 0 radical (unpaired) electrons. The number of rotatable bonds is 1. The fraction of sp³-hybridized carbons (Fsp3) is 0.400. The Hall–Kier alpha value is -2.18. The van der Waals surface area contributed by atoms with Crippen molar-refractivity contribution in [3.05, 3.63) is 28.2 Å². The summed E-state index contributed by atoms with van der Waals surface area (Å²) in [6.45, 7) is 1.25. The second-order valence-corrected chi connectivity index (χ2v) is 3.70. The van der Waals surface area contributed by atoms with Gasteiger partial charge in [-0.15, -0.1) is 0 Å². The molecule has 0 unspecified atom stereocenters. The van der Waals surface area contributed by atoms with E-state index >= 15 is 0 Å². The molecule has 0 aromatic carbocycles. The zero-order valence-corrected chi connectivity index (χ0v) is 9.10. The number of carbonyl (C=O) groups is 2. The molecule has 2 heterocycles. The van der Waals surface area contributed by atoms with Crippen LogP contribution in [0.15, 0.2) is 16.9 Å². The van der Waals surface area contributed by atoms with E-state index < -0.39 is 0 Å². The van der Waals surface area contributed by atoms with Crippen molar-refractivity contribution in [3.8, 4) is 0 Å². The summed E-state index contributed by atoms with van der Waals surface area (Å²) in [6.07, 6.45) is 0.287. The minimum Gasteiger partial charge on any atom is -0.354 e. The molecule has 1 aliphatic rings. The SMILES string of the molecule is O=C1CCN(C(=O)c2ccc(=O)[nH]n2)CCN1. The van der Waals surface area contributed by atoms with Crippen molar-refractivity contribution in [2.24, 2.45) is 0 Å². The Morgan fingerprint density at radius 2 is 2.12 bits per heavy atom. The molecular weight excluding hydrogens is 224 g/mol. The number of H-pyrrole nitrogens is 1. The highest BCUT2D eigenvalue weighted by atomic mass is 16.2. The van der Waals surface area contributed by atoms with Crippen molar-refractivity contribution in [2.45, 2.75) is 6.42 Å².